The molecule has 0 saturated heterocycles. The minimum absolute atomic E-state index is 0.585. The molecule has 0 aliphatic carbocycles. The quantitative estimate of drug-likeness (QED) is 0.647. The van der Waals surface area contributed by atoms with Crippen LogP contribution in [-0.4, -0.2) is 21.9 Å². The number of aromatic nitrogens is 2. The van der Waals surface area contributed by atoms with Gasteiger partial charge in [0, 0.05) is 13.1 Å². The number of aryl methyl sites for hydroxylation is 1. The zero-order chi connectivity index (χ0) is 12.2. The summed E-state index contributed by atoms with van der Waals surface area (Å²) in [6, 6.07) is 1.92. The van der Waals surface area contributed by atoms with Crippen molar-refractivity contribution in [2.24, 2.45) is 0 Å². The number of fused-ring (bicyclic) bond motifs is 3. The van der Waals surface area contributed by atoms with Gasteiger partial charge in [-0.3, -0.25) is 14.5 Å². The topological polar surface area (TPSA) is 69.0 Å². The zero-order valence-corrected chi connectivity index (χ0v) is 9.76. The third-order valence-corrected chi connectivity index (χ3v) is 3.32. The Morgan fingerprint density at radius 3 is 2.53 bits per heavy atom. The van der Waals surface area contributed by atoms with E-state index >= 15 is 0 Å². The van der Waals surface area contributed by atoms with Gasteiger partial charge in [0.25, 0.3) is 0 Å². The van der Waals surface area contributed by atoms with Crippen LogP contribution in [0.3, 0.4) is 0 Å². The zero-order valence-electron chi connectivity index (χ0n) is 9.76. The molecule has 0 amide bonds. The van der Waals surface area contributed by atoms with Gasteiger partial charge in [0.2, 0.25) is 0 Å². The lowest BCUT2D eigenvalue weighted by molar-refractivity contribution is 0.353. The Kier molecular flexibility index (Phi) is 2.00. The Morgan fingerprint density at radius 2 is 1.76 bits per heavy atom. The molecule has 2 heterocycles. The molecule has 0 atom stereocenters. The second-order valence-electron chi connectivity index (χ2n) is 4.65. The highest BCUT2D eigenvalue weighted by molar-refractivity contribution is 5.80. The van der Waals surface area contributed by atoms with E-state index in [2.05, 4.69) is 14.9 Å². The Balaban J connectivity index is 2.46. The predicted molar refractivity (Wildman–Crippen MR) is 65.1 cm³/mol. The molecule has 17 heavy (non-hydrogen) atoms. The summed E-state index contributed by atoms with van der Waals surface area (Å²) in [6.07, 6.45) is 0. The van der Waals surface area contributed by atoms with Gasteiger partial charge >= 0.3 is 11.1 Å². The van der Waals surface area contributed by atoms with Gasteiger partial charge < -0.3 is 9.97 Å². The van der Waals surface area contributed by atoms with Gasteiger partial charge in [-0.15, -0.1) is 0 Å². The first-order valence-corrected chi connectivity index (χ1v) is 5.52. The van der Waals surface area contributed by atoms with Crippen molar-refractivity contribution >= 4 is 11.0 Å². The van der Waals surface area contributed by atoms with Crippen molar-refractivity contribution in [3.63, 3.8) is 0 Å². The molecule has 1 aliphatic heterocycles. The van der Waals surface area contributed by atoms with Crippen molar-refractivity contribution in [1.29, 1.82) is 0 Å². The molecule has 1 aliphatic rings. The van der Waals surface area contributed by atoms with Crippen LogP contribution in [-0.2, 0) is 13.1 Å². The van der Waals surface area contributed by atoms with Gasteiger partial charge in [-0.25, -0.2) is 0 Å². The number of nitrogens with zero attached hydrogens (tertiary/aromatic N) is 1. The highest BCUT2D eigenvalue weighted by atomic mass is 16.2. The van der Waals surface area contributed by atoms with E-state index in [1.54, 1.807) is 0 Å². The fourth-order valence-electron chi connectivity index (χ4n) is 2.51. The van der Waals surface area contributed by atoms with Crippen LogP contribution in [0.1, 0.15) is 16.7 Å². The fourth-order valence-corrected chi connectivity index (χ4v) is 2.51. The van der Waals surface area contributed by atoms with Gasteiger partial charge in [0.15, 0.2) is 0 Å². The molecule has 2 N–H and O–H groups in total. The predicted octanol–water partition coefficient (Wildman–Crippen LogP) is 0.470. The number of hydrogen-bond donors (Lipinski definition) is 2. The highest BCUT2D eigenvalue weighted by Crippen LogP contribution is 2.29. The minimum atomic E-state index is -0.594. The average molecular weight is 231 g/mol. The summed E-state index contributed by atoms with van der Waals surface area (Å²) < 4.78 is 0. The molecular weight excluding hydrogens is 218 g/mol. The lowest BCUT2D eigenvalue weighted by atomic mass is 10.0. The van der Waals surface area contributed by atoms with E-state index in [9.17, 15) is 9.59 Å². The second kappa shape index (κ2) is 3.30. The standard InChI is InChI=1S/C12H13N3O2/c1-6-3-9-10(14-12(17)11(16)13-9)8-5-15(2)4-7(6)8/h3H,4-5H2,1-2H3,(H,13,16)(H,14,17). The Bertz CT molecular complexity index is 727. The van der Waals surface area contributed by atoms with E-state index in [4.69, 9.17) is 0 Å². The Labute approximate surface area is 97.1 Å². The SMILES string of the molecule is Cc1cc2[nH]c(=O)c(=O)[nH]c2c2c1CN(C)C2. The number of aromatic amines is 2. The first-order chi connectivity index (χ1) is 8.06. The highest BCUT2D eigenvalue weighted by Gasteiger charge is 2.21. The van der Waals surface area contributed by atoms with Crippen molar-refractivity contribution in [1.82, 2.24) is 14.9 Å². The number of rotatable bonds is 0. The first-order valence-electron chi connectivity index (χ1n) is 5.52. The average Bonchev–Trinajstić information content (AvgIpc) is 2.64. The molecule has 0 unspecified atom stereocenters. The van der Waals surface area contributed by atoms with E-state index in [0.717, 1.165) is 29.7 Å². The summed E-state index contributed by atoms with van der Waals surface area (Å²) in [5.41, 5.74) is 3.82. The van der Waals surface area contributed by atoms with Crippen LogP contribution in [0.15, 0.2) is 15.7 Å². The summed E-state index contributed by atoms with van der Waals surface area (Å²) >= 11 is 0. The second-order valence-corrected chi connectivity index (χ2v) is 4.65. The van der Waals surface area contributed by atoms with Gasteiger partial charge in [0.1, 0.15) is 0 Å². The Hall–Kier alpha value is -1.88. The van der Waals surface area contributed by atoms with Crippen molar-refractivity contribution < 1.29 is 0 Å². The van der Waals surface area contributed by atoms with Crippen LogP contribution < -0.4 is 11.1 Å². The lowest BCUT2D eigenvalue weighted by Crippen LogP contribution is -2.29. The van der Waals surface area contributed by atoms with Crippen molar-refractivity contribution in [2.45, 2.75) is 20.0 Å². The molecule has 5 nitrogen and oxygen atoms in total. The molecule has 0 radical (unpaired) electrons. The van der Waals surface area contributed by atoms with E-state index in [1.165, 1.54) is 5.56 Å². The largest absolute Gasteiger partial charge is 0.316 e. The number of nitrogens with one attached hydrogen (secondary N) is 2. The number of benzene rings is 1. The fraction of sp³-hybridized carbons (Fsp3) is 0.333. The molecule has 0 bridgehead atoms. The van der Waals surface area contributed by atoms with Crippen LogP contribution in [0.25, 0.3) is 11.0 Å². The van der Waals surface area contributed by atoms with Crippen LogP contribution in [0.4, 0.5) is 0 Å². The maximum atomic E-state index is 11.4. The minimum Gasteiger partial charge on any atom is -0.316 e. The third kappa shape index (κ3) is 1.43. The van der Waals surface area contributed by atoms with E-state index < -0.39 is 11.1 Å². The van der Waals surface area contributed by atoms with Gasteiger partial charge in [-0.2, -0.15) is 0 Å². The molecule has 1 aromatic carbocycles. The van der Waals surface area contributed by atoms with E-state index in [0.29, 0.717) is 5.52 Å². The molecular formula is C12H13N3O2. The molecule has 1 aromatic heterocycles. The summed E-state index contributed by atoms with van der Waals surface area (Å²) in [6.45, 7) is 3.72. The van der Waals surface area contributed by atoms with Crippen molar-refractivity contribution in [3.05, 3.63) is 43.5 Å². The third-order valence-electron chi connectivity index (χ3n) is 3.32. The molecule has 5 heteroatoms. The van der Waals surface area contributed by atoms with Gasteiger partial charge in [-0.1, -0.05) is 0 Å². The maximum absolute atomic E-state index is 11.4. The Morgan fingerprint density at radius 1 is 1.12 bits per heavy atom. The number of hydrogen-bond acceptors (Lipinski definition) is 3. The van der Waals surface area contributed by atoms with E-state index in [-0.39, 0.29) is 0 Å². The van der Waals surface area contributed by atoms with Crippen LogP contribution in [0.2, 0.25) is 0 Å². The molecule has 0 saturated carbocycles. The van der Waals surface area contributed by atoms with Crippen LogP contribution in [0, 0.1) is 6.92 Å². The summed E-state index contributed by atoms with van der Waals surface area (Å²) in [7, 11) is 2.04. The lowest BCUT2D eigenvalue weighted by Gasteiger charge is -2.06. The molecule has 88 valence electrons. The molecule has 0 fully saturated rings. The van der Waals surface area contributed by atoms with E-state index in [1.807, 2.05) is 20.0 Å². The summed E-state index contributed by atoms with van der Waals surface area (Å²) in [5, 5.41) is 0. The van der Waals surface area contributed by atoms with Crippen molar-refractivity contribution in [3.8, 4) is 0 Å². The number of H-pyrrole nitrogens is 2. The summed E-state index contributed by atoms with van der Waals surface area (Å²) in [5.74, 6) is 0. The molecule has 3 rings (SSSR count). The van der Waals surface area contributed by atoms with Crippen LogP contribution in [0.5, 0.6) is 0 Å². The van der Waals surface area contributed by atoms with Crippen molar-refractivity contribution in [2.75, 3.05) is 7.05 Å². The first kappa shape index (κ1) is 10.3. The van der Waals surface area contributed by atoms with Gasteiger partial charge in [-0.05, 0) is 36.7 Å². The van der Waals surface area contributed by atoms with Gasteiger partial charge in [0.05, 0.1) is 11.0 Å². The normalized spacial score (nSPS) is 15.4. The van der Waals surface area contributed by atoms with Crippen LogP contribution >= 0.6 is 0 Å². The summed E-state index contributed by atoms with van der Waals surface area (Å²) in [4.78, 5) is 30.2. The maximum Gasteiger partial charge on any atom is 0.314 e. The smallest absolute Gasteiger partial charge is 0.314 e. The molecule has 0 spiro atoms. The molecule has 2 aromatic rings. The monoisotopic (exact) mass is 231 g/mol.